The second-order valence-electron chi connectivity index (χ2n) is 5.27. The molecule has 0 aromatic heterocycles. The molecule has 0 saturated carbocycles. The van der Waals surface area contributed by atoms with Gasteiger partial charge >= 0.3 is 12.6 Å². The first-order valence-corrected chi connectivity index (χ1v) is 7.27. The molecule has 0 radical (unpaired) electrons. The Morgan fingerprint density at radius 2 is 1.96 bits per heavy atom. The lowest BCUT2D eigenvalue weighted by Gasteiger charge is -2.32. The van der Waals surface area contributed by atoms with Gasteiger partial charge in [0.1, 0.15) is 11.8 Å². The molecule has 0 spiro atoms. The summed E-state index contributed by atoms with van der Waals surface area (Å²) in [6.45, 7) is -2.36. The SMILES string of the molecule is Cl.O=C(CN1CCCCC1C(=O)O)Nc1ccc(OC(F)F)cc1. The Labute approximate surface area is 144 Å². The number of carbonyl (C=O) groups is 2. The number of anilines is 1. The Hall–Kier alpha value is -1.93. The minimum atomic E-state index is -2.90. The van der Waals surface area contributed by atoms with Crippen LogP contribution in [0.2, 0.25) is 0 Å². The summed E-state index contributed by atoms with van der Waals surface area (Å²) in [6, 6.07) is 4.89. The number of carboxylic acid groups (broad SMARTS) is 1. The van der Waals surface area contributed by atoms with Crippen molar-refractivity contribution in [2.75, 3.05) is 18.4 Å². The predicted octanol–water partition coefficient (Wildman–Crippen LogP) is 2.59. The van der Waals surface area contributed by atoms with Crippen LogP contribution in [0.3, 0.4) is 0 Å². The van der Waals surface area contributed by atoms with E-state index in [0.717, 1.165) is 12.8 Å². The Bertz CT molecular complexity index is 557. The molecule has 24 heavy (non-hydrogen) atoms. The van der Waals surface area contributed by atoms with Gasteiger partial charge in [0.05, 0.1) is 6.54 Å². The predicted molar refractivity (Wildman–Crippen MR) is 85.8 cm³/mol. The number of hydrogen-bond acceptors (Lipinski definition) is 4. The fourth-order valence-electron chi connectivity index (χ4n) is 2.56. The average Bonchev–Trinajstić information content (AvgIpc) is 2.49. The number of piperidine rings is 1. The zero-order valence-electron chi connectivity index (χ0n) is 12.8. The van der Waals surface area contributed by atoms with Crippen LogP contribution in [-0.4, -0.2) is 47.6 Å². The Morgan fingerprint density at radius 3 is 2.54 bits per heavy atom. The monoisotopic (exact) mass is 364 g/mol. The van der Waals surface area contributed by atoms with E-state index in [1.165, 1.54) is 24.3 Å². The molecule has 1 unspecified atom stereocenters. The number of carboxylic acids is 1. The van der Waals surface area contributed by atoms with E-state index in [-0.39, 0.29) is 30.6 Å². The van der Waals surface area contributed by atoms with Crippen molar-refractivity contribution in [3.8, 4) is 5.75 Å². The number of amides is 1. The summed E-state index contributed by atoms with van der Waals surface area (Å²) >= 11 is 0. The molecular weight excluding hydrogens is 346 g/mol. The van der Waals surface area contributed by atoms with Crippen molar-refractivity contribution in [1.29, 1.82) is 0 Å². The fraction of sp³-hybridized carbons (Fsp3) is 0.467. The standard InChI is InChI=1S/C15H18F2N2O4.ClH/c16-15(17)23-11-6-4-10(5-7-11)18-13(20)9-19-8-2-1-3-12(19)14(21)22;/h4-7,12,15H,1-3,8-9H2,(H,18,20)(H,21,22);1H. The van der Waals surface area contributed by atoms with Crippen molar-refractivity contribution in [3.63, 3.8) is 0 Å². The molecule has 9 heteroatoms. The number of halogens is 3. The highest BCUT2D eigenvalue weighted by atomic mass is 35.5. The zero-order chi connectivity index (χ0) is 16.8. The van der Waals surface area contributed by atoms with Gasteiger partial charge in [-0.1, -0.05) is 6.42 Å². The van der Waals surface area contributed by atoms with E-state index in [1.54, 1.807) is 4.90 Å². The highest BCUT2D eigenvalue weighted by Crippen LogP contribution is 2.19. The molecule has 0 bridgehead atoms. The molecule has 1 aliphatic heterocycles. The molecule has 1 aromatic rings. The van der Waals surface area contributed by atoms with Crippen molar-refractivity contribution in [2.24, 2.45) is 0 Å². The van der Waals surface area contributed by atoms with E-state index in [4.69, 9.17) is 5.11 Å². The molecule has 1 atom stereocenters. The largest absolute Gasteiger partial charge is 0.480 e. The molecule has 0 aliphatic carbocycles. The number of benzene rings is 1. The van der Waals surface area contributed by atoms with Gasteiger partial charge in [-0.25, -0.2) is 0 Å². The molecule has 2 N–H and O–H groups in total. The van der Waals surface area contributed by atoms with Crippen LogP contribution in [-0.2, 0) is 9.59 Å². The van der Waals surface area contributed by atoms with E-state index < -0.39 is 18.6 Å². The number of likely N-dealkylation sites (tertiary alicyclic amines) is 1. The lowest BCUT2D eigenvalue weighted by molar-refractivity contribution is -0.145. The zero-order valence-corrected chi connectivity index (χ0v) is 13.6. The molecule has 1 heterocycles. The van der Waals surface area contributed by atoms with Gasteiger partial charge in [0.2, 0.25) is 5.91 Å². The molecular formula is C15H19ClF2N2O4. The molecule has 1 aromatic carbocycles. The summed E-state index contributed by atoms with van der Waals surface area (Å²) in [5, 5.41) is 11.8. The Kier molecular flexibility index (Phi) is 7.87. The fourth-order valence-corrected chi connectivity index (χ4v) is 2.56. The molecule has 6 nitrogen and oxygen atoms in total. The van der Waals surface area contributed by atoms with Crippen LogP contribution in [0.4, 0.5) is 14.5 Å². The summed E-state index contributed by atoms with van der Waals surface area (Å²) in [7, 11) is 0. The maximum atomic E-state index is 12.0. The van der Waals surface area contributed by atoms with Crippen LogP contribution in [0.15, 0.2) is 24.3 Å². The number of aliphatic carboxylic acids is 1. The van der Waals surface area contributed by atoms with Crippen molar-refractivity contribution in [1.82, 2.24) is 4.90 Å². The third kappa shape index (κ3) is 5.93. The minimum absolute atomic E-state index is 0. The van der Waals surface area contributed by atoms with Gasteiger partial charge in [0.25, 0.3) is 0 Å². The van der Waals surface area contributed by atoms with Crippen LogP contribution >= 0.6 is 12.4 Å². The second kappa shape index (κ2) is 9.39. The number of alkyl halides is 2. The summed E-state index contributed by atoms with van der Waals surface area (Å²) in [4.78, 5) is 24.8. The van der Waals surface area contributed by atoms with E-state index in [1.807, 2.05) is 0 Å². The van der Waals surface area contributed by atoms with Crippen LogP contribution in [0, 0.1) is 0 Å². The number of rotatable bonds is 6. The van der Waals surface area contributed by atoms with E-state index >= 15 is 0 Å². The van der Waals surface area contributed by atoms with Crippen molar-refractivity contribution < 1.29 is 28.2 Å². The van der Waals surface area contributed by atoms with Crippen LogP contribution in [0.25, 0.3) is 0 Å². The minimum Gasteiger partial charge on any atom is -0.480 e. The Morgan fingerprint density at radius 1 is 1.29 bits per heavy atom. The first-order chi connectivity index (χ1) is 11.0. The first-order valence-electron chi connectivity index (χ1n) is 7.27. The average molecular weight is 365 g/mol. The molecule has 134 valence electrons. The van der Waals surface area contributed by atoms with Crippen molar-refractivity contribution in [3.05, 3.63) is 24.3 Å². The third-order valence-corrected chi connectivity index (χ3v) is 3.61. The van der Waals surface area contributed by atoms with Gasteiger partial charge in [-0.3, -0.25) is 14.5 Å². The smallest absolute Gasteiger partial charge is 0.387 e. The van der Waals surface area contributed by atoms with Gasteiger partial charge < -0.3 is 15.2 Å². The van der Waals surface area contributed by atoms with Crippen molar-refractivity contribution in [2.45, 2.75) is 31.9 Å². The number of ether oxygens (including phenoxy) is 1. The summed E-state index contributed by atoms with van der Waals surface area (Å²) < 4.78 is 28.3. The number of carbonyl (C=O) groups excluding carboxylic acids is 1. The summed E-state index contributed by atoms with van der Waals surface area (Å²) in [5.41, 5.74) is 0.431. The Balaban J connectivity index is 0.00000288. The molecule has 1 saturated heterocycles. The van der Waals surface area contributed by atoms with E-state index in [9.17, 15) is 18.4 Å². The van der Waals surface area contributed by atoms with Crippen LogP contribution < -0.4 is 10.1 Å². The maximum Gasteiger partial charge on any atom is 0.387 e. The highest BCUT2D eigenvalue weighted by Gasteiger charge is 2.29. The maximum absolute atomic E-state index is 12.0. The van der Waals surface area contributed by atoms with Gasteiger partial charge in [0.15, 0.2) is 0 Å². The number of nitrogens with one attached hydrogen (secondary N) is 1. The second-order valence-corrected chi connectivity index (χ2v) is 5.27. The van der Waals surface area contributed by atoms with Gasteiger partial charge in [-0.2, -0.15) is 8.78 Å². The van der Waals surface area contributed by atoms with Crippen LogP contribution in [0.5, 0.6) is 5.75 Å². The van der Waals surface area contributed by atoms with Gasteiger partial charge in [-0.15, -0.1) is 12.4 Å². The third-order valence-electron chi connectivity index (χ3n) is 3.61. The normalized spacial score (nSPS) is 17.9. The van der Waals surface area contributed by atoms with E-state index in [2.05, 4.69) is 10.1 Å². The first kappa shape index (κ1) is 20.1. The van der Waals surface area contributed by atoms with Crippen molar-refractivity contribution >= 4 is 30.0 Å². The quantitative estimate of drug-likeness (QED) is 0.811. The van der Waals surface area contributed by atoms with Gasteiger partial charge in [-0.05, 0) is 43.7 Å². The van der Waals surface area contributed by atoms with Gasteiger partial charge in [0, 0.05) is 5.69 Å². The number of hydrogen-bond donors (Lipinski definition) is 2. The highest BCUT2D eigenvalue weighted by molar-refractivity contribution is 5.92. The topological polar surface area (TPSA) is 78.9 Å². The molecule has 1 fully saturated rings. The molecule has 1 amide bonds. The lowest BCUT2D eigenvalue weighted by Crippen LogP contribution is -2.47. The molecule has 1 aliphatic rings. The number of nitrogens with zero attached hydrogens (tertiary/aromatic N) is 1. The lowest BCUT2D eigenvalue weighted by atomic mass is 10.0. The van der Waals surface area contributed by atoms with Crippen LogP contribution in [0.1, 0.15) is 19.3 Å². The summed E-state index contributed by atoms with van der Waals surface area (Å²) in [5.74, 6) is -1.27. The molecule has 2 rings (SSSR count). The van der Waals surface area contributed by atoms with E-state index in [0.29, 0.717) is 18.7 Å². The summed E-state index contributed by atoms with van der Waals surface area (Å²) in [6.07, 6.45) is 2.22.